The minimum Gasteiger partial charge on any atom is -0.379 e. The number of likely N-dealkylation sites (tertiary alicyclic amines) is 1. The molecular weight excluding hydrogens is 268 g/mol. The Morgan fingerprint density at radius 1 is 1.32 bits per heavy atom. The molecule has 19 heavy (non-hydrogen) atoms. The molecule has 1 saturated heterocycles. The third-order valence-electron chi connectivity index (χ3n) is 3.28. The molecule has 5 heteroatoms. The summed E-state index contributed by atoms with van der Waals surface area (Å²) >= 11 is 1.45. The van der Waals surface area contributed by atoms with Crippen LogP contribution in [0, 0.1) is 11.6 Å². The Hall–Kier alpha value is -0.650. The summed E-state index contributed by atoms with van der Waals surface area (Å²) in [6, 6.07) is 3.75. The third-order valence-corrected chi connectivity index (χ3v) is 4.41. The van der Waals surface area contributed by atoms with Crippen molar-refractivity contribution in [1.82, 2.24) is 4.90 Å². The molecule has 1 fully saturated rings. The van der Waals surface area contributed by atoms with Crippen molar-refractivity contribution in [1.29, 1.82) is 0 Å². The number of halogens is 2. The molecule has 1 aromatic rings. The Labute approximate surface area is 117 Å². The first-order valence-corrected chi connectivity index (χ1v) is 7.50. The standard InChI is InChI=1S/C14H19F2NOS/c1-18-12-9-17(10-12)6-2-3-7-19-14-5-4-11(15)8-13(14)16/h4-5,8,12H,2-3,6-7,9-10H2,1H3. The molecule has 0 unspecified atom stereocenters. The predicted molar refractivity (Wildman–Crippen MR) is 73.6 cm³/mol. The second-order valence-electron chi connectivity index (χ2n) is 4.75. The fraction of sp³-hybridized carbons (Fsp3) is 0.571. The van der Waals surface area contributed by atoms with Gasteiger partial charge >= 0.3 is 0 Å². The molecule has 0 atom stereocenters. The van der Waals surface area contributed by atoms with Crippen LogP contribution < -0.4 is 0 Å². The van der Waals surface area contributed by atoms with Crippen LogP contribution in [-0.4, -0.2) is 43.5 Å². The maximum absolute atomic E-state index is 13.4. The number of unbranched alkanes of at least 4 members (excludes halogenated alkanes) is 1. The molecule has 1 aliphatic rings. The first kappa shape index (κ1) is 14.8. The van der Waals surface area contributed by atoms with Crippen molar-refractivity contribution in [2.45, 2.75) is 23.8 Å². The van der Waals surface area contributed by atoms with E-state index in [2.05, 4.69) is 4.90 Å². The zero-order valence-electron chi connectivity index (χ0n) is 11.1. The Balaban J connectivity index is 1.57. The number of hydrogen-bond donors (Lipinski definition) is 0. The quantitative estimate of drug-likeness (QED) is 0.564. The first-order valence-electron chi connectivity index (χ1n) is 6.52. The molecule has 0 spiro atoms. The maximum atomic E-state index is 13.4. The van der Waals surface area contributed by atoms with Crippen LogP contribution in [0.5, 0.6) is 0 Å². The van der Waals surface area contributed by atoms with Crippen molar-refractivity contribution >= 4 is 11.8 Å². The topological polar surface area (TPSA) is 12.5 Å². The van der Waals surface area contributed by atoms with Crippen LogP contribution in [0.15, 0.2) is 23.1 Å². The second-order valence-corrected chi connectivity index (χ2v) is 5.88. The summed E-state index contributed by atoms with van der Waals surface area (Å²) < 4.78 is 31.3. The van der Waals surface area contributed by atoms with Gasteiger partial charge in [0.2, 0.25) is 0 Å². The molecule has 0 N–H and O–H groups in total. The highest BCUT2D eigenvalue weighted by Gasteiger charge is 2.25. The average molecular weight is 287 g/mol. The number of rotatable bonds is 7. The normalized spacial score (nSPS) is 16.6. The second kappa shape index (κ2) is 7.22. The molecule has 2 rings (SSSR count). The van der Waals surface area contributed by atoms with E-state index in [0.29, 0.717) is 11.0 Å². The molecule has 106 valence electrons. The van der Waals surface area contributed by atoms with Gasteiger partial charge in [-0.1, -0.05) is 0 Å². The number of benzene rings is 1. The van der Waals surface area contributed by atoms with Crippen LogP contribution in [0.4, 0.5) is 8.78 Å². The smallest absolute Gasteiger partial charge is 0.139 e. The van der Waals surface area contributed by atoms with Crippen molar-refractivity contribution in [3.05, 3.63) is 29.8 Å². The molecular formula is C14H19F2NOS. The first-order chi connectivity index (χ1) is 9.19. The minimum absolute atomic E-state index is 0.405. The van der Waals surface area contributed by atoms with Crippen LogP contribution in [0.25, 0.3) is 0 Å². The minimum atomic E-state index is -0.521. The summed E-state index contributed by atoms with van der Waals surface area (Å²) in [6.07, 6.45) is 2.55. The van der Waals surface area contributed by atoms with Gasteiger partial charge in [-0.25, -0.2) is 8.78 Å². The lowest BCUT2D eigenvalue weighted by Crippen LogP contribution is -2.51. The van der Waals surface area contributed by atoms with Gasteiger partial charge in [0, 0.05) is 31.2 Å². The van der Waals surface area contributed by atoms with E-state index in [0.717, 1.165) is 44.3 Å². The average Bonchev–Trinajstić information content (AvgIpc) is 2.33. The Kier molecular flexibility index (Phi) is 5.60. The molecule has 0 saturated carbocycles. The largest absolute Gasteiger partial charge is 0.379 e. The summed E-state index contributed by atoms with van der Waals surface area (Å²) in [7, 11) is 1.75. The summed E-state index contributed by atoms with van der Waals surface area (Å²) in [5, 5.41) is 0. The number of nitrogens with zero attached hydrogens (tertiary/aromatic N) is 1. The molecule has 0 amide bonds. The van der Waals surface area contributed by atoms with Gasteiger partial charge in [-0.3, -0.25) is 4.90 Å². The number of thioether (sulfide) groups is 1. The number of hydrogen-bond acceptors (Lipinski definition) is 3. The molecule has 1 aliphatic heterocycles. The van der Waals surface area contributed by atoms with E-state index >= 15 is 0 Å². The predicted octanol–water partition coefficient (Wildman–Crippen LogP) is 3.17. The maximum Gasteiger partial charge on any atom is 0.139 e. The monoisotopic (exact) mass is 287 g/mol. The molecule has 0 bridgehead atoms. The van der Waals surface area contributed by atoms with Crippen molar-refractivity contribution in [2.75, 3.05) is 32.5 Å². The SMILES string of the molecule is COC1CN(CCCCSc2ccc(F)cc2F)C1. The summed E-state index contributed by atoms with van der Waals surface area (Å²) in [5.41, 5.74) is 0. The van der Waals surface area contributed by atoms with Crippen LogP contribution >= 0.6 is 11.8 Å². The molecule has 0 aliphatic carbocycles. The van der Waals surface area contributed by atoms with E-state index in [1.54, 1.807) is 7.11 Å². The Bertz CT molecular complexity index is 410. The van der Waals surface area contributed by atoms with E-state index in [1.807, 2.05) is 0 Å². The van der Waals surface area contributed by atoms with Gasteiger partial charge in [0.25, 0.3) is 0 Å². The fourth-order valence-electron chi connectivity index (χ4n) is 2.07. The van der Waals surface area contributed by atoms with Gasteiger partial charge in [0.05, 0.1) is 6.10 Å². The van der Waals surface area contributed by atoms with Gasteiger partial charge in [-0.15, -0.1) is 11.8 Å². The van der Waals surface area contributed by atoms with Gasteiger partial charge in [0.15, 0.2) is 0 Å². The third kappa shape index (κ3) is 4.44. The van der Waals surface area contributed by atoms with E-state index < -0.39 is 11.6 Å². The zero-order valence-corrected chi connectivity index (χ0v) is 11.9. The number of ether oxygens (including phenoxy) is 1. The Morgan fingerprint density at radius 3 is 2.79 bits per heavy atom. The number of methoxy groups -OCH3 is 1. The molecule has 1 heterocycles. The highest BCUT2D eigenvalue weighted by molar-refractivity contribution is 7.99. The van der Waals surface area contributed by atoms with E-state index in [4.69, 9.17) is 4.74 Å². The lowest BCUT2D eigenvalue weighted by molar-refractivity contribution is -0.0294. The van der Waals surface area contributed by atoms with E-state index in [-0.39, 0.29) is 0 Å². The molecule has 1 aromatic carbocycles. The van der Waals surface area contributed by atoms with E-state index in [1.165, 1.54) is 23.9 Å². The van der Waals surface area contributed by atoms with Crippen LogP contribution in [0.2, 0.25) is 0 Å². The summed E-state index contributed by atoms with van der Waals surface area (Å²) in [6.45, 7) is 3.12. The molecule has 0 aromatic heterocycles. The highest BCUT2D eigenvalue weighted by atomic mass is 32.2. The molecule has 2 nitrogen and oxygen atoms in total. The lowest BCUT2D eigenvalue weighted by Gasteiger charge is -2.38. The summed E-state index contributed by atoms with van der Waals surface area (Å²) in [5.74, 6) is -0.118. The zero-order chi connectivity index (χ0) is 13.7. The van der Waals surface area contributed by atoms with Gasteiger partial charge in [0.1, 0.15) is 11.6 Å². The van der Waals surface area contributed by atoms with Crippen molar-refractivity contribution in [2.24, 2.45) is 0 Å². The highest BCUT2D eigenvalue weighted by Crippen LogP contribution is 2.23. The van der Waals surface area contributed by atoms with Crippen molar-refractivity contribution in [3.63, 3.8) is 0 Å². The summed E-state index contributed by atoms with van der Waals surface area (Å²) in [4.78, 5) is 2.89. The van der Waals surface area contributed by atoms with Crippen LogP contribution in [-0.2, 0) is 4.74 Å². The van der Waals surface area contributed by atoms with Crippen LogP contribution in [0.3, 0.4) is 0 Å². The van der Waals surface area contributed by atoms with Crippen molar-refractivity contribution in [3.8, 4) is 0 Å². The fourth-order valence-corrected chi connectivity index (χ4v) is 3.00. The van der Waals surface area contributed by atoms with E-state index in [9.17, 15) is 8.78 Å². The van der Waals surface area contributed by atoms with Crippen LogP contribution in [0.1, 0.15) is 12.8 Å². The van der Waals surface area contributed by atoms with Gasteiger partial charge in [-0.2, -0.15) is 0 Å². The Morgan fingerprint density at radius 2 is 2.11 bits per heavy atom. The van der Waals surface area contributed by atoms with Gasteiger partial charge in [-0.05, 0) is 37.3 Å². The van der Waals surface area contributed by atoms with Gasteiger partial charge < -0.3 is 4.74 Å². The lowest BCUT2D eigenvalue weighted by atomic mass is 10.1. The van der Waals surface area contributed by atoms with Crippen molar-refractivity contribution < 1.29 is 13.5 Å². The molecule has 0 radical (unpaired) electrons.